The molecule has 4 rings (SSSR count). The number of benzene rings is 2. The van der Waals surface area contributed by atoms with E-state index in [1.54, 1.807) is 31.2 Å². The number of hydrogen-bond acceptors (Lipinski definition) is 7. The average Bonchev–Trinajstić information content (AvgIpc) is 3.08. The highest BCUT2D eigenvalue weighted by Gasteiger charge is 2.29. The fourth-order valence-electron chi connectivity index (χ4n) is 4.58. The van der Waals surface area contributed by atoms with Crippen LogP contribution in [0.2, 0.25) is 0 Å². The summed E-state index contributed by atoms with van der Waals surface area (Å²) >= 11 is 0. The molecule has 2 heterocycles. The van der Waals surface area contributed by atoms with Crippen molar-refractivity contribution < 1.29 is 23.3 Å². The zero-order valence-electron chi connectivity index (χ0n) is 22.2. The molecule has 0 spiro atoms. The van der Waals surface area contributed by atoms with Crippen molar-refractivity contribution in [2.24, 2.45) is 4.99 Å². The number of ether oxygens (including phenoxy) is 2. The Kier molecular flexibility index (Phi) is 8.96. The number of esters is 1. The second-order valence-electron chi connectivity index (χ2n) is 9.08. The molecule has 0 aromatic heterocycles. The van der Waals surface area contributed by atoms with Crippen molar-refractivity contribution in [3.63, 3.8) is 0 Å². The van der Waals surface area contributed by atoms with Crippen LogP contribution in [0, 0.1) is 0 Å². The summed E-state index contributed by atoms with van der Waals surface area (Å²) in [5.74, 6) is -0.541. The molecule has 1 fully saturated rings. The number of amidine groups is 1. The smallest absolute Gasteiger partial charge is 0.343 e. The Balaban J connectivity index is 1.71. The fraction of sp³-hybridized carbons (Fsp3) is 0.393. The molecule has 2 unspecified atom stereocenters. The monoisotopic (exact) mass is 538 g/mol. The molecular formula is C28H34N4O5S. The third kappa shape index (κ3) is 5.81. The number of nitrogens with one attached hydrogen (secondary N) is 2. The lowest BCUT2D eigenvalue weighted by molar-refractivity contribution is -0.137. The van der Waals surface area contributed by atoms with Crippen LogP contribution in [0.25, 0.3) is 0 Å². The number of piperidine rings is 1. The first-order chi connectivity index (χ1) is 18.4. The van der Waals surface area contributed by atoms with Gasteiger partial charge in [0.25, 0.3) is 5.91 Å². The highest BCUT2D eigenvalue weighted by molar-refractivity contribution is 7.82. The van der Waals surface area contributed by atoms with E-state index in [2.05, 4.69) is 22.5 Å². The minimum Gasteiger partial charge on any atom is -0.495 e. The number of nitrogens with zero attached hydrogens (tertiary/aromatic N) is 2. The van der Waals surface area contributed by atoms with Crippen LogP contribution in [0.3, 0.4) is 0 Å². The Morgan fingerprint density at radius 2 is 1.97 bits per heavy atom. The van der Waals surface area contributed by atoms with Crippen molar-refractivity contribution in [1.82, 2.24) is 9.62 Å². The highest BCUT2D eigenvalue weighted by Crippen LogP contribution is 2.32. The van der Waals surface area contributed by atoms with Crippen LogP contribution in [0.1, 0.15) is 56.8 Å². The largest absolute Gasteiger partial charge is 0.495 e. The van der Waals surface area contributed by atoms with E-state index in [-0.39, 0.29) is 29.6 Å². The maximum Gasteiger partial charge on any atom is 0.343 e. The number of carbonyl (C=O) groups excluding carboxylic acids is 2. The van der Waals surface area contributed by atoms with E-state index in [1.165, 1.54) is 7.11 Å². The predicted molar refractivity (Wildman–Crippen MR) is 148 cm³/mol. The molecular weight excluding hydrogens is 504 g/mol. The molecule has 2 aliphatic rings. The summed E-state index contributed by atoms with van der Waals surface area (Å²) in [4.78, 5) is 31.6. The SMILES string of the molecule is CCOC(=O)C1=C(CC)Nc2ccccc2N=C1NC(=O)c1ccc(OC)c(S(=O)N2CCCCC2C)c1. The van der Waals surface area contributed by atoms with Crippen LogP contribution in [0.5, 0.6) is 5.75 Å². The van der Waals surface area contributed by atoms with Gasteiger partial charge in [0.2, 0.25) is 0 Å². The van der Waals surface area contributed by atoms with Gasteiger partial charge in [-0.05, 0) is 63.4 Å². The van der Waals surface area contributed by atoms with Gasteiger partial charge in [-0.2, -0.15) is 0 Å². The molecule has 1 amide bonds. The van der Waals surface area contributed by atoms with Crippen molar-refractivity contribution in [2.75, 3.05) is 25.6 Å². The van der Waals surface area contributed by atoms with Gasteiger partial charge in [-0.3, -0.25) is 4.79 Å². The first-order valence-corrected chi connectivity index (χ1v) is 14.0. The van der Waals surface area contributed by atoms with Gasteiger partial charge in [0.15, 0.2) is 0 Å². The number of amides is 1. The van der Waals surface area contributed by atoms with E-state index < -0.39 is 22.9 Å². The normalized spacial score (nSPS) is 18.4. The number of fused-ring (bicyclic) bond motifs is 1. The third-order valence-electron chi connectivity index (χ3n) is 6.59. The molecule has 0 bridgehead atoms. The second kappa shape index (κ2) is 12.4. The molecule has 1 saturated heterocycles. The van der Waals surface area contributed by atoms with Gasteiger partial charge >= 0.3 is 5.97 Å². The Morgan fingerprint density at radius 3 is 2.68 bits per heavy atom. The van der Waals surface area contributed by atoms with Crippen molar-refractivity contribution in [1.29, 1.82) is 0 Å². The Bertz CT molecular complexity index is 1310. The first-order valence-electron chi connectivity index (χ1n) is 12.9. The molecule has 9 nitrogen and oxygen atoms in total. The third-order valence-corrected chi connectivity index (χ3v) is 8.26. The van der Waals surface area contributed by atoms with Gasteiger partial charge in [-0.1, -0.05) is 25.5 Å². The zero-order valence-corrected chi connectivity index (χ0v) is 23.0. The van der Waals surface area contributed by atoms with E-state index >= 15 is 0 Å². The molecule has 10 heteroatoms. The number of methoxy groups -OCH3 is 1. The molecule has 202 valence electrons. The number of aliphatic imine (C=N–C) groups is 1. The molecule has 0 radical (unpaired) electrons. The highest BCUT2D eigenvalue weighted by atomic mass is 32.2. The van der Waals surface area contributed by atoms with Crippen molar-refractivity contribution in [3.05, 3.63) is 59.3 Å². The predicted octanol–water partition coefficient (Wildman–Crippen LogP) is 4.70. The standard InChI is InChI=1S/C28H34N4O5S/c1-5-20-25(28(34)37-6-2)26(30-22-13-8-7-12-21(22)29-20)31-27(33)19-14-15-23(36-4)24(17-19)38(35)32-16-10-9-11-18(32)3/h7-8,12-15,17-18,29H,5-6,9-11,16H2,1-4H3,(H,30,31,33). The molecule has 2 atom stereocenters. The fourth-order valence-corrected chi connectivity index (χ4v) is 6.11. The maximum atomic E-state index is 13.6. The number of hydrogen-bond donors (Lipinski definition) is 2. The number of anilines is 1. The lowest BCUT2D eigenvalue weighted by atomic mass is 10.1. The molecule has 2 aromatic carbocycles. The lowest BCUT2D eigenvalue weighted by Gasteiger charge is -2.32. The number of rotatable bonds is 7. The summed E-state index contributed by atoms with van der Waals surface area (Å²) in [7, 11) is 0.0197. The van der Waals surface area contributed by atoms with E-state index in [9.17, 15) is 13.8 Å². The van der Waals surface area contributed by atoms with Gasteiger partial charge in [0.05, 0.1) is 30.0 Å². The second-order valence-corrected chi connectivity index (χ2v) is 10.5. The lowest BCUT2D eigenvalue weighted by Crippen LogP contribution is -2.39. The summed E-state index contributed by atoms with van der Waals surface area (Å²) in [5.41, 5.74) is 2.31. The molecule has 2 aromatic rings. The molecule has 0 aliphatic carbocycles. The zero-order chi connectivity index (χ0) is 27.2. The van der Waals surface area contributed by atoms with Crippen LogP contribution in [-0.2, 0) is 20.5 Å². The maximum absolute atomic E-state index is 13.6. The summed E-state index contributed by atoms with van der Waals surface area (Å²) in [6, 6.07) is 12.3. The van der Waals surface area contributed by atoms with Crippen LogP contribution in [-0.4, -0.2) is 52.5 Å². The van der Waals surface area contributed by atoms with Crippen molar-refractivity contribution >= 4 is 40.1 Å². The van der Waals surface area contributed by atoms with E-state index in [4.69, 9.17) is 9.47 Å². The summed E-state index contributed by atoms with van der Waals surface area (Å²) < 4.78 is 26.3. The van der Waals surface area contributed by atoms with Gasteiger partial charge in [0, 0.05) is 23.8 Å². The number of para-hydroxylation sites is 2. The Morgan fingerprint density at radius 1 is 1.18 bits per heavy atom. The molecule has 2 N–H and O–H groups in total. The molecule has 0 saturated carbocycles. The summed E-state index contributed by atoms with van der Waals surface area (Å²) in [6.45, 7) is 6.58. The number of carbonyl (C=O) groups is 2. The topological polar surface area (TPSA) is 109 Å². The Hall–Kier alpha value is -3.50. The van der Waals surface area contributed by atoms with Gasteiger partial charge < -0.3 is 20.1 Å². The molecule has 38 heavy (non-hydrogen) atoms. The Labute approximate surface area is 225 Å². The minimum atomic E-state index is -1.50. The van der Waals surface area contributed by atoms with Crippen LogP contribution >= 0.6 is 0 Å². The van der Waals surface area contributed by atoms with Crippen LogP contribution in [0.15, 0.2) is 63.6 Å². The van der Waals surface area contributed by atoms with E-state index in [0.717, 1.165) is 19.3 Å². The average molecular weight is 539 g/mol. The first kappa shape index (κ1) is 27.5. The van der Waals surface area contributed by atoms with E-state index in [1.807, 2.05) is 29.4 Å². The molecule has 2 aliphatic heterocycles. The number of allylic oxidation sites excluding steroid dienone is 1. The van der Waals surface area contributed by atoms with Gasteiger partial charge in [-0.25, -0.2) is 18.3 Å². The summed E-state index contributed by atoms with van der Waals surface area (Å²) in [5, 5.41) is 6.09. The van der Waals surface area contributed by atoms with Crippen molar-refractivity contribution in [3.8, 4) is 5.75 Å². The van der Waals surface area contributed by atoms with Crippen LogP contribution in [0.4, 0.5) is 11.4 Å². The van der Waals surface area contributed by atoms with E-state index in [0.29, 0.717) is 40.7 Å². The van der Waals surface area contributed by atoms with Gasteiger partial charge in [-0.15, -0.1) is 0 Å². The van der Waals surface area contributed by atoms with Crippen molar-refractivity contribution in [2.45, 2.75) is 57.4 Å². The summed E-state index contributed by atoms with van der Waals surface area (Å²) in [6.07, 6.45) is 3.52. The minimum absolute atomic E-state index is 0.0888. The quantitative estimate of drug-likeness (QED) is 0.495. The van der Waals surface area contributed by atoms with Gasteiger partial charge in [0.1, 0.15) is 28.1 Å². The van der Waals surface area contributed by atoms with Crippen LogP contribution < -0.4 is 15.4 Å².